The van der Waals surface area contributed by atoms with Crippen LogP contribution in [0.1, 0.15) is 40.0 Å². The second-order valence-corrected chi connectivity index (χ2v) is 7.14. The van der Waals surface area contributed by atoms with E-state index in [4.69, 9.17) is 0 Å². The molecule has 0 bridgehead atoms. The second kappa shape index (κ2) is 6.34. The van der Waals surface area contributed by atoms with E-state index in [1.807, 2.05) is 16.7 Å². The molecule has 1 N–H and O–H groups in total. The van der Waals surface area contributed by atoms with Gasteiger partial charge in [-0.15, -0.1) is 0 Å². The maximum absolute atomic E-state index is 12.5. The highest BCUT2D eigenvalue weighted by Crippen LogP contribution is 2.34. The molecule has 0 radical (unpaired) electrons. The van der Waals surface area contributed by atoms with Crippen molar-refractivity contribution < 1.29 is 14.7 Å². The summed E-state index contributed by atoms with van der Waals surface area (Å²) in [5.41, 5.74) is -0.650. The van der Waals surface area contributed by atoms with Gasteiger partial charge in [-0.05, 0) is 37.6 Å². The Hall–Kier alpha value is -1.10. The molecule has 0 aromatic rings. The van der Waals surface area contributed by atoms with Gasteiger partial charge in [-0.3, -0.25) is 14.5 Å². The zero-order chi connectivity index (χ0) is 15.6. The molecule has 2 heterocycles. The molecular weight excluding hydrogens is 268 g/mol. The Kier molecular flexibility index (Phi) is 4.91. The average Bonchev–Trinajstić information content (AvgIpc) is 2.82. The lowest BCUT2D eigenvalue weighted by molar-refractivity contribution is -0.148. The van der Waals surface area contributed by atoms with Crippen LogP contribution in [0.3, 0.4) is 0 Å². The zero-order valence-electron chi connectivity index (χ0n) is 13.5. The Balaban J connectivity index is 1.91. The van der Waals surface area contributed by atoms with Gasteiger partial charge in [0, 0.05) is 19.6 Å². The minimum atomic E-state index is -0.722. The van der Waals surface area contributed by atoms with Crippen molar-refractivity contribution in [3.8, 4) is 0 Å². The van der Waals surface area contributed by atoms with Gasteiger partial charge in [0.1, 0.15) is 0 Å². The highest BCUT2D eigenvalue weighted by molar-refractivity contribution is 5.79. The Morgan fingerprint density at radius 3 is 2.33 bits per heavy atom. The molecule has 5 heteroatoms. The van der Waals surface area contributed by atoms with Crippen molar-refractivity contribution in [2.24, 2.45) is 17.3 Å². The zero-order valence-corrected chi connectivity index (χ0v) is 13.5. The maximum atomic E-state index is 12.5. The molecule has 2 saturated heterocycles. The van der Waals surface area contributed by atoms with E-state index in [0.717, 1.165) is 13.1 Å². The summed E-state index contributed by atoms with van der Waals surface area (Å²) in [6.07, 6.45) is 2.47. The Bertz CT molecular complexity index is 402. The van der Waals surface area contributed by atoms with Gasteiger partial charge < -0.3 is 10.0 Å². The largest absolute Gasteiger partial charge is 0.481 e. The predicted octanol–water partition coefficient (Wildman–Crippen LogP) is 1.68. The molecule has 3 atom stereocenters. The van der Waals surface area contributed by atoms with E-state index < -0.39 is 11.4 Å². The fourth-order valence-electron chi connectivity index (χ4n) is 3.87. The van der Waals surface area contributed by atoms with E-state index in [2.05, 4.69) is 13.8 Å². The summed E-state index contributed by atoms with van der Waals surface area (Å²) in [6.45, 7) is 9.58. The van der Waals surface area contributed by atoms with Gasteiger partial charge in [-0.1, -0.05) is 20.8 Å². The van der Waals surface area contributed by atoms with Crippen LogP contribution in [-0.2, 0) is 9.59 Å². The first kappa shape index (κ1) is 16.3. The van der Waals surface area contributed by atoms with Gasteiger partial charge >= 0.3 is 5.97 Å². The van der Waals surface area contributed by atoms with Crippen molar-refractivity contribution >= 4 is 11.9 Å². The molecule has 0 saturated carbocycles. The minimum absolute atomic E-state index is 0.158. The number of nitrogens with zero attached hydrogens (tertiary/aromatic N) is 2. The second-order valence-electron chi connectivity index (χ2n) is 7.14. The van der Waals surface area contributed by atoms with Crippen molar-refractivity contribution in [1.29, 1.82) is 0 Å². The summed E-state index contributed by atoms with van der Waals surface area (Å²) in [4.78, 5) is 27.9. The lowest BCUT2D eigenvalue weighted by atomic mass is 9.84. The quantitative estimate of drug-likeness (QED) is 0.857. The summed E-state index contributed by atoms with van der Waals surface area (Å²) in [7, 11) is 0. The Morgan fingerprint density at radius 1 is 1.24 bits per heavy atom. The summed E-state index contributed by atoms with van der Waals surface area (Å²) < 4.78 is 0. The SMILES string of the molecule is CCC1(C(=O)O)CCN(CC(=O)N2CC(C)CC(C)C2)C1. The number of carbonyl (C=O) groups excluding carboxylic acids is 1. The van der Waals surface area contributed by atoms with E-state index in [-0.39, 0.29) is 5.91 Å². The highest BCUT2D eigenvalue weighted by atomic mass is 16.4. The predicted molar refractivity (Wildman–Crippen MR) is 80.9 cm³/mol. The lowest BCUT2D eigenvalue weighted by Crippen LogP contribution is -2.47. The average molecular weight is 296 g/mol. The number of carboxylic acid groups (broad SMARTS) is 1. The molecule has 2 rings (SSSR count). The third kappa shape index (κ3) is 3.57. The molecule has 2 aliphatic rings. The molecule has 120 valence electrons. The smallest absolute Gasteiger partial charge is 0.310 e. The van der Waals surface area contributed by atoms with Crippen molar-refractivity contribution in [3.05, 3.63) is 0 Å². The minimum Gasteiger partial charge on any atom is -0.481 e. The van der Waals surface area contributed by atoms with Crippen LogP contribution in [0.2, 0.25) is 0 Å². The summed E-state index contributed by atoms with van der Waals surface area (Å²) >= 11 is 0. The van der Waals surface area contributed by atoms with Crippen LogP contribution in [0.4, 0.5) is 0 Å². The monoisotopic (exact) mass is 296 g/mol. The number of likely N-dealkylation sites (tertiary alicyclic amines) is 2. The third-order valence-electron chi connectivity index (χ3n) is 5.14. The van der Waals surface area contributed by atoms with E-state index in [9.17, 15) is 14.7 Å². The topological polar surface area (TPSA) is 60.9 Å². The molecular formula is C16H28N2O3. The first-order valence-corrected chi connectivity index (χ1v) is 8.10. The van der Waals surface area contributed by atoms with Crippen molar-refractivity contribution in [3.63, 3.8) is 0 Å². The number of amides is 1. The lowest BCUT2D eigenvalue weighted by Gasteiger charge is -2.36. The number of carbonyl (C=O) groups is 2. The molecule has 0 spiro atoms. The van der Waals surface area contributed by atoms with Crippen LogP contribution in [0.15, 0.2) is 0 Å². The molecule has 0 aromatic heterocycles. The fourth-order valence-corrected chi connectivity index (χ4v) is 3.87. The Labute approximate surface area is 127 Å². The van der Waals surface area contributed by atoms with E-state index in [0.29, 0.717) is 44.3 Å². The Morgan fingerprint density at radius 2 is 1.86 bits per heavy atom. The first-order valence-electron chi connectivity index (χ1n) is 8.10. The summed E-state index contributed by atoms with van der Waals surface area (Å²) in [6, 6.07) is 0. The molecule has 0 aromatic carbocycles. The van der Waals surface area contributed by atoms with Gasteiger partial charge in [0.2, 0.25) is 5.91 Å². The van der Waals surface area contributed by atoms with Gasteiger partial charge in [-0.2, -0.15) is 0 Å². The molecule has 2 aliphatic heterocycles. The number of hydrogen-bond acceptors (Lipinski definition) is 3. The van der Waals surface area contributed by atoms with E-state index in [1.54, 1.807) is 0 Å². The van der Waals surface area contributed by atoms with Gasteiger partial charge in [0.15, 0.2) is 0 Å². The van der Waals surface area contributed by atoms with Crippen LogP contribution >= 0.6 is 0 Å². The standard InChI is InChI=1S/C16H28N2O3/c1-4-16(15(20)21)5-6-17(11-16)10-14(19)18-8-12(2)7-13(3)9-18/h12-13H,4-11H2,1-3H3,(H,20,21). The van der Waals surface area contributed by atoms with Gasteiger partial charge in [-0.25, -0.2) is 0 Å². The number of hydrogen-bond donors (Lipinski definition) is 1. The van der Waals surface area contributed by atoms with Gasteiger partial charge in [0.05, 0.1) is 12.0 Å². The molecule has 3 unspecified atom stereocenters. The van der Waals surface area contributed by atoms with Crippen molar-refractivity contribution in [2.75, 3.05) is 32.7 Å². The van der Waals surface area contributed by atoms with Crippen molar-refractivity contribution in [2.45, 2.75) is 40.0 Å². The number of piperidine rings is 1. The molecule has 21 heavy (non-hydrogen) atoms. The van der Waals surface area contributed by atoms with Crippen molar-refractivity contribution in [1.82, 2.24) is 9.80 Å². The van der Waals surface area contributed by atoms with Gasteiger partial charge in [0.25, 0.3) is 0 Å². The molecule has 2 fully saturated rings. The summed E-state index contributed by atoms with van der Waals surface area (Å²) in [5, 5.41) is 9.41. The third-order valence-corrected chi connectivity index (χ3v) is 5.14. The maximum Gasteiger partial charge on any atom is 0.310 e. The van der Waals surface area contributed by atoms with E-state index >= 15 is 0 Å². The normalized spacial score (nSPS) is 34.1. The number of aliphatic carboxylic acids is 1. The van der Waals surface area contributed by atoms with Crippen LogP contribution in [0.25, 0.3) is 0 Å². The van der Waals surface area contributed by atoms with Crippen LogP contribution in [0.5, 0.6) is 0 Å². The number of carboxylic acids is 1. The van der Waals surface area contributed by atoms with Crippen LogP contribution in [0, 0.1) is 17.3 Å². The summed E-state index contributed by atoms with van der Waals surface area (Å²) in [5.74, 6) is 0.556. The number of rotatable bonds is 4. The van der Waals surface area contributed by atoms with E-state index in [1.165, 1.54) is 6.42 Å². The molecule has 1 amide bonds. The van der Waals surface area contributed by atoms with Crippen LogP contribution < -0.4 is 0 Å². The first-order chi connectivity index (χ1) is 9.86. The molecule has 0 aliphatic carbocycles. The highest BCUT2D eigenvalue weighted by Gasteiger charge is 2.43. The molecule has 5 nitrogen and oxygen atoms in total. The fraction of sp³-hybridized carbons (Fsp3) is 0.875. The van der Waals surface area contributed by atoms with Crippen LogP contribution in [-0.4, -0.2) is 59.5 Å².